The second kappa shape index (κ2) is 10.9. The van der Waals surface area contributed by atoms with Crippen molar-refractivity contribution in [3.63, 3.8) is 0 Å². The van der Waals surface area contributed by atoms with E-state index in [1.807, 2.05) is 54.6 Å². The third-order valence-electron chi connectivity index (χ3n) is 7.26. The van der Waals surface area contributed by atoms with Crippen LogP contribution in [0.5, 0.6) is 0 Å². The molecule has 0 fully saturated rings. The van der Waals surface area contributed by atoms with Crippen molar-refractivity contribution in [2.75, 3.05) is 4.90 Å². The highest BCUT2D eigenvalue weighted by Gasteiger charge is 2.29. The first-order chi connectivity index (χ1) is 19.1. The number of thioether (sulfide) groups is 1. The minimum atomic E-state index is -0.336. The molecule has 0 aromatic heterocycles. The third kappa shape index (κ3) is 5.25. The molecule has 0 radical (unpaired) electrons. The molecule has 4 nitrogen and oxygen atoms in total. The van der Waals surface area contributed by atoms with Crippen LogP contribution in [0.25, 0.3) is 6.08 Å². The quantitative estimate of drug-likeness (QED) is 0.273. The van der Waals surface area contributed by atoms with Gasteiger partial charge < -0.3 is 10.2 Å². The van der Waals surface area contributed by atoms with Gasteiger partial charge in [0.25, 0.3) is 11.8 Å². The fraction of sp³-hybridized carbons (Fsp3) is 0.152. The van der Waals surface area contributed by atoms with E-state index >= 15 is 0 Å². The average Bonchev–Trinajstić information content (AvgIpc) is 2.97. The number of hydrogen-bond donors (Lipinski definition) is 1. The highest BCUT2D eigenvalue weighted by molar-refractivity contribution is 8.04. The molecule has 2 amide bonds. The van der Waals surface area contributed by atoms with Crippen molar-refractivity contribution in [2.45, 2.75) is 36.7 Å². The normalized spacial score (nSPS) is 17.5. The number of nitrogens with one attached hydrogen (secondary N) is 1. The lowest BCUT2D eigenvalue weighted by Crippen LogP contribution is -2.34. The van der Waals surface area contributed by atoms with Crippen LogP contribution in [0.15, 0.2) is 107 Å². The Morgan fingerprint density at radius 2 is 1.69 bits per heavy atom. The van der Waals surface area contributed by atoms with Crippen LogP contribution in [-0.2, 0) is 17.8 Å². The van der Waals surface area contributed by atoms with Crippen molar-refractivity contribution in [3.05, 3.63) is 136 Å². The second-order valence-electron chi connectivity index (χ2n) is 9.80. The number of fused-ring (bicyclic) bond motifs is 2. The number of amides is 2. The predicted octanol–water partition coefficient (Wildman–Crippen LogP) is 7.31. The molecule has 2 aliphatic rings. The van der Waals surface area contributed by atoms with E-state index in [0.29, 0.717) is 16.0 Å². The van der Waals surface area contributed by atoms with Gasteiger partial charge in [0.2, 0.25) is 0 Å². The predicted molar refractivity (Wildman–Crippen MR) is 154 cm³/mol. The number of carbonyl (C=O) groups excluding carboxylic acids is 2. The SMILES string of the molecule is O=C(NC1CCCc2ccccc21)c1ccc(/C=C2\Sc3ccccc3N(Cc3ccccc3F)C2=O)cc1. The molecule has 194 valence electrons. The van der Waals surface area contributed by atoms with Crippen LogP contribution >= 0.6 is 11.8 Å². The van der Waals surface area contributed by atoms with Crippen LogP contribution in [-0.4, -0.2) is 11.8 Å². The van der Waals surface area contributed by atoms with Crippen molar-refractivity contribution in [3.8, 4) is 0 Å². The Morgan fingerprint density at radius 1 is 0.949 bits per heavy atom. The summed E-state index contributed by atoms with van der Waals surface area (Å²) in [4.78, 5) is 29.7. The number of anilines is 1. The largest absolute Gasteiger partial charge is 0.345 e. The molecule has 0 bridgehead atoms. The lowest BCUT2D eigenvalue weighted by molar-refractivity contribution is -0.114. The smallest absolute Gasteiger partial charge is 0.265 e. The number of para-hydroxylation sites is 1. The number of rotatable bonds is 5. The summed E-state index contributed by atoms with van der Waals surface area (Å²) in [5.41, 5.74) is 5.12. The molecule has 4 aromatic carbocycles. The van der Waals surface area contributed by atoms with Crippen molar-refractivity contribution >= 4 is 35.3 Å². The molecule has 6 heteroatoms. The van der Waals surface area contributed by atoms with E-state index in [2.05, 4.69) is 17.4 Å². The second-order valence-corrected chi connectivity index (χ2v) is 10.9. The van der Waals surface area contributed by atoms with E-state index in [-0.39, 0.29) is 30.2 Å². The summed E-state index contributed by atoms with van der Waals surface area (Å²) < 4.78 is 14.4. The zero-order valence-electron chi connectivity index (χ0n) is 21.3. The lowest BCUT2D eigenvalue weighted by atomic mass is 9.87. The zero-order chi connectivity index (χ0) is 26.8. The Kier molecular flexibility index (Phi) is 7.03. The molecule has 0 spiro atoms. The van der Waals surface area contributed by atoms with Crippen molar-refractivity contribution in [1.82, 2.24) is 5.32 Å². The number of aryl methyl sites for hydroxylation is 1. The average molecular weight is 535 g/mol. The zero-order valence-corrected chi connectivity index (χ0v) is 22.1. The van der Waals surface area contributed by atoms with Gasteiger partial charge in [0.15, 0.2) is 0 Å². The summed E-state index contributed by atoms with van der Waals surface area (Å²) in [5, 5.41) is 3.19. The van der Waals surface area contributed by atoms with E-state index in [4.69, 9.17) is 0 Å². The maximum Gasteiger partial charge on any atom is 0.265 e. The fourth-order valence-electron chi connectivity index (χ4n) is 5.24. The summed E-state index contributed by atoms with van der Waals surface area (Å²) in [6.45, 7) is 0.143. The molecular formula is C33H27FN2O2S. The summed E-state index contributed by atoms with van der Waals surface area (Å²) >= 11 is 1.40. The first kappa shape index (κ1) is 25.1. The van der Waals surface area contributed by atoms with Crippen molar-refractivity contribution < 1.29 is 14.0 Å². The fourth-order valence-corrected chi connectivity index (χ4v) is 6.30. The molecule has 1 aliphatic heterocycles. The van der Waals surface area contributed by atoms with Gasteiger partial charge in [0, 0.05) is 16.0 Å². The summed E-state index contributed by atoms with van der Waals surface area (Å²) in [5.74, 6) is -0.624. The monoisotopic (exact) mass is 534 g/mol. The van der Waals surface area contributed by atoms with Crippen LogP contribution in [0.4, 0.5) is 10.1 Å². The Labute approximate surface area is 231 Å². The molecule has 6 rings (SSSR count). The van der Waals surface area contributed by atoms with Crippen LogP contribution < -0.4 is 10.2 Å². The van der Waals surface area contributed by atoms with E-state index in [9.17, 15) is 14.0 Å². The molecule has 1 aliphatic carbocycles. The van der Waals surface area contributed by atoms with Gasteiger partial charge in [-0.1, -0.05) is 78.5 Å². The molecule has 1 N–H and O–H groups in total. The van der Waals surface area contributed by atoms with Crippen LogP contribution in [0.1, 0.15) is 51.5 Å². The molecule has 1 atom stereocenters. The van der Waals surface area contributed by atoms with Crippen LogP contribution in [0, 0.1) is 5.82 Å². The Morgan fingerprint density at radius 3 is 2.54 bits per heavy atom. The number of halogens is 1. The summed E-state index contributed by atoms with van der Waals surface area (Å²) in [6, 6.07) is 29.8. The van der Waals surface area contributed by atoms with Crippen LogP contribution in [0.3, 0.4) is 0 Å². The molecule has 1 heterocycles. The van der Waals surface area contributed by atoms with Gasteiger partial charge in [0.05, 0.1) is 23.2 Å². The van der Waals surface area contributed by atoms with E-state index in [1.165, 1.54) is 29.0 Å². The molecule has 1 unspecified atom stereocenters. The third-order valence-corrected chi connectivity index (χ3v) is 8.34. The van der Waals surface area contributed by atoms with Gasteiger partial charge in [-0.25, -0.2) is 4.39 Å². The topological polar surface area (TPSA) is 49.4 Å². The Bertz CT molecular complexity index is 1580. The van der Waals surface area contributed by atoms with Gasteiger partial charge in [-0.3, -0.25) is 9.59 Å². The number of hydrogen-bond acceptors (Lipinski definition) is 3. The highest BCUT2D eigenvalue weighted by atomic mass is 32.2. The maximum atomic E-state index is 14.4. The van der Waals surface area contributed by atoms with Gasteiger partial charge in [-0.2, -0.15) is 0 Å². The maximum absolute atomic E-state index is 14.4. The first-order valence-corrected chi connectivity index (χ1v) is 13.9. The molecular weight excluding hydrogens is 507 g/mol. The highest BCUT2D eigenvalue weighted by Crippen LogP contribution is 2.42. The Balaban J connectivity index is 1.22. The van der Waals surface area contributed by atoms with Gasteiger partial charge in [0.1, 0.15) is 5.82 Å². The van der Waals surface area contributed by atoms with E-state index in [1.54, 1.807) is 35.2 Å². The molecule has 0 saturated carbocycles. The van der Waals surface area contributed by atoms with Crippen LogP contribution in [0.2, 0.25) is 0 Å². The summed E-state index contributed by atoms with van der Waals surface area (Å²) in [6.07, 6.45) is 4.86. The van der Waals surface area contributed by atoms with Gasteiger partial charge in [-0.15, -0.1) is 0 Å². The van der Waals surface area contributed by atoms with Gasteiger partial charge in [-0.05, 0) is 72.4 Å². The molecule has 4 aromatic rings. The molecule has 0 saturated heterocycles. The lowest BCUT2D eigenvalue weighted by Gasteiger charge is -2.30. The summed E-state index contributed by atoms with van der Waals surface area (Å²) in [7, 11) is 0. The minimum absolute atomic E-state index is 0.0148. The van der Waals surface area contributed by atoms with E-state index in [0.717, 1.165) is 35.4 Å². The van der Waals surface area contributed by atoms with Crippen molar-refractivity contribution in [2.24, 2.45) is 0 Å². The Hall–Kier alpha value is -4.16. The number of carbonyl (C=O) groups is 2. The van der Waals surface area contributed by atoms with Crippen molar-refractivity contribution in [1.29, 1.82) is 0 Å². The number of benzene rings is 4. The van der Waals surface area contributed by atoms with Gasteiger partial charge >= 0.3 is 0 Å². The first-order valence-electron chi connectivity index (χ1n) is 13.1. The standard InChI is InChI=1S/C33H27FN2O2S/c34-27-12-4-2-9-25(27)21-36-29-14-5-6-15-30(29)39-31(33(36)38)20-22-16-18-24(19-17-22)32(37)35-28-13-7-10-23-8-1-3-11-26(23)28/h1-6,8-9,11-12,14-20,28H,7,10,13,21H2,(H,35,37)/b31-20-. The molecule has 39 heavy (non-hydrogen) atoms. The number of nitrogens with zero attached hydrogens (tertiary/aromatic N) is 1. The minimum Gasteiger partial charge on any atom is -0.345 e. The van der Waals surface area contributed by atoms with E-state index < -0.39 is 0 Å².